The Kier molecular flexibility index (Phi) is 5.50. The van der Waals surface area contributed by atoms with Gasteiger partial charge in [0.1, 0.15) is 16.9 Å². The summed E-state index contributed by atoms with van der Waals surface area (Å²) in [6.07, 6.45) is 3.47. The topological polar surface area (TPSA) is 113 Å². The van der Waals surface area contributed by atoms with Crippen LogP contribution in [0.25, 0.3) is 6.08 Å². The number of rotatable bonds is 4. The maximum absolute atomic E-state index is 14.7. The molecule has 3 aliphatic heterocycles. The van der Waals surface area contributed by atoms with Gasteiger partial charge in [0.2, 0.25) is 17.7 Å². The third-order valence-corrected chi connectivity index (χ3v) is 7.55. The van der Waals surface area contributed by atoms with Crippen molar-refractivity contribution in [3.8, 4) is 0 Å². The molecule has 0 radical (unpaired) electrons. The molecule has 3 aromatic rings. The van der Waals surface area contributed by atoms with Crippen molar-refractivity contribution < 1.29 is 23.7 Å². The van der Waals surface area contributed by atoms with Crippen molar-refractivity contribution in [3.63, 3.8) is 0 Å². The number of carbonyl (C=O) groups is 3. The maximum Gasteiger partial charge on any atom is 0.289 e. The lowest BCUT2D eigenvalue weighted by Gasteiger charge is -2.35. The molecule has 0 aromatic heterocycles. The molecular formula is C27H18ClFN4O5. The summed E-state index contributed by atoms with van der Waals surface area (Å²) in [4.78, 5) is 54.4. The third-order valence-electron chi connectivity index (χ3n) is 7.23. The van der Waals surface area contributed by atoms with Crippen molar-refractivity contribution in [2.75, 3.05) is 10.2 Å². The van der Waals surface area contributed by atoms with Crippen molar-refractivity contribution in [1.82, 2.24) is 4.90 Å². The molecule has 0 unspecified atom stereocenters. The van der Waals surface area contributed by atoms with Crippen molar-refractivity contribution >= 4 is 52.5 Å². The number of nitro groups is 1. The first kappa shape index (κ1) is 23.8. The van der Waals surface area contributed by atoms with Gasteiger partial charge < -0.3 is 10.2 Å². The van der Waals surface area contributed by atoms with Crippen molar-refractivity contribution in [2.45, 2.75) is 12.1 Å². The summed E-state index contributed by atoms with van der Waals surface area (Å²) in [5.74, 6) is -4.73. The molecule has 2 fully saturated rings. The fourth-order valence-electron chi connectivity index (χ4n) is 5.67. The molecule has 2 saturated heterocycles. The van der Waals surface area contributed by atoms with Crippen molar-refractivity contribution in [3.05, 3.63) is 105 Å². The molecule has 3 amide bonds. The molecule has 4 atom stereocenters. The summed E-state index contributed by atoms with van der Waals surface area (Å²) in [6.45, 7) is 0. The number of nitrogens with one attached hydrogen (secondary N) is 1. The SMILES string of the molecule is O=C(Nc1ccc(Cl)c([N+](=O)[O-])c1)[C@@H]1[C@@H]2C(=O)N(c3ccccc3F)C(=O)[C@H]2[C@@H]2c3ccccc3C=CN12. The number of hydrogen-bond acceptors (Lipinski definition) is 6. The summed E-state index contributed by atoms with van der Waals surface area (Å²) < 4.78 is 14.7. The van der Waals surface area contributed by atoms with E-state index in [-0.39, 0.29) is 16.4 Å². The summed E-state index contributed by atoms with van der Waals surface area (Å²) >= 11 is 5.90. The van der Waals surface area contributed by atoms with Crippen LogP contribution in [-0.2, 0) is 14.4 Å². The second-order valence-corrected chi connectivity index (χ2v) is 9.62. The average Bonchev–Trinajstić information content (AvgIpc) is 3.38. The van der Waals surface area contributed by atoms with Gasteiger partial charge in [0.25, 0.3) is 5.69 Å². The van der Waals surface area contributed by atoms with Gasteiger partial charge in [0.05, 0.1) is 28.5 Å². The van der Waals surface area contributed by atoms with Crippen LogP contribution in [0.4, 0.5) is 21.5 Å². The number of halogens is 2. The molecule has 6 rings (SSSR count). The van der Waals surface area contributed by atoms with Gasteiger partial charge in [-0.15, -0.1) is 0 Å². The number of anilines is 2. The van der Waals surface area contributed by atoms with Gasteiger partial charge in [-0.3, -0.25) is 24.5 Å². The van der Waals surface area contributed by atoms with Gasteiger partial charge in [-0.1, -0.05) is 48.0 Å². The van der Waals surface area contributed by atoms with Gasteiger partial charge >= 0.3 is 0 Å². The third kappa shape index (κ3) is 3.48. The zero-order chi connectivity index (χ0) is 26.7. The molecule has 38 heavy (non-hydrogen) atoms. The molecule has 0 spiro atoms. The lowest BCUT2D eigenvalue weighted by atomic mass is 9.84. The molecule has 0 saturated carbocycles. The van der Waals surface area contributed by atoms with Gasteiger partial charge in [-0.05, 0) is 41.5 Å². The molecule has 0 bridgehead atoms. The number of para-hydroxylation sites is 1. The predicted octanol–water partition coefficient (Wildman–Crippen LogP) is 4.54. The number of nitrogens with zero attached hydrogens (tertiary/aromatic N) is 3. The van der Waals surface area contributed by atoms with E-state index in [2.05, 4.69) is 5.32 Å². The highest BCUT2D eigenvalue weighted by molar-refractivity contribution is 6.32. The van der Waals surface area contributed by atoms with E-state index >= 15 is 0 Å². The van der Waals surface area contributed by atoms with E-state index in [4.69, 9.17) is 11.6 Å². The molecule has 9 nitrogen and oxygen atoms in total. The lowest BCUT2D eigenvalue weighted by molar-refractivity contribution is -0.384. The van der Waals surface area contributed by atoms with Crippen molar-refractivity contribution in [1.29, 1.82) is 0 Å². The highest BCUT2D eigenvalue weighted by atomic mass is 35.5. The standard InChI is InChI=1S/C27H18ClFN4O5/c28-17-10-9-15(13-20(17)33(37)38)30-25(34)24-22-21(23-16-6-2-1-5-14(16)11-12-31(23)24)26(35)32(27(22)36)19-8-4-3-7-18(19)29/h1-13,21-24H,(H,30,34)/t21-,22-,23+,24+/m1/s1. The number of imide groups is 1. The van der Waals surface area contributed by atoms with Gasteiger partial charge in [-0.25, -0.2) is 9.29 Å². The second kappa shape index (κ2) is 8.77. The fraction of sp³-hybridized carbons (Fsp3) is 0.148. The van der Waals surface area contributed by atoms with E-state index in [1.807, 2.05) is 18.2 Å². The van der Waals surface area contributed by atoms with E-state index in [0.29, 0.717) is 0 Å². The zero-order valence-corrected chi connectivity index (χ0v) is 20.2. The van der Waals surface area contributed by atoms with E-state index in [9.17, 15) is 28.9 Å². The van der Waals surface area contributed by atoms with E-state index in [0.717, 1.165) is 28.2 Å². The van der Waals surface area contributed by atoms with Gasteiger partial charge in [0.15, 0.2) is 0 Å². The second-order valence-electron chi connectivity index (χ2n) is 9.21. The summed E-state index contributed by atoms with van der Waals surface area (Å²) in [7, 11) is 0. The number of benzene rings is 3. The number of amides is 3. The minimum Gasteiger partial charge on any atom is -0.357 e. The number of nitro benzene ring substituents is 1. The highest BCUT2D eigenvalue weighted by Gasteiger charge is 2.64. The Labute approximate surface area is 220 Å². The Morgan fingerprint density at radius 2 is 1.71 bits per heavy atom. The number of fused-ring (bicyclic) bond motifs is 5. The maximum atomic E-state index is 14.7. The zero-order valence-electron chi connectivity index (χ0n) is 19.5. The lowest BCUT2D eigenvalue weighted by Crippen LogP contribution is -2.46. The van der Waals surface area contributed by atoms with Crippen LogP contribution < -0.4 is 10.2 Å². The molecule has 0 aliphatic carbocycles. The minimum absolute atomic E-state index is 0.0957. The van der Waals surface area contributed by atoms with Crippen LogP contribution in [0.15, 0.2) is 72.9 Å². The summed E-state index contributed by atoms with van der Waals surface area (Å²) in [6, 6.07) is 14.9. The fourth-order valence-corrected chi connectivity index (χ4v) is 5.86. The Hall–Kier alpha value is -4.57. The molecule has 3 aliphatic rings. The van der Waals surface area contributed by atoms with Crippen LogP contribution in [0.3, 0.4) is 0 Å². The number of carbonyl (C=O) groups excluding carboxylic acids is 3. The van der Waals surface area contributed by atoms with E-state index in [1.54, 1.807) is 23.2 Å². The van der Waals surface area contributed by atoms with Gasteiger partial charge in [0, 0.05) is 18.0 Å². The normalized spacial score (nSPS) is 23.2. The Morgan fingerprint density at radius 3 is 2.47 bits per heavy atom. The van der Waals surface area contributed by atoms with Crippen LogP contribution >= 0.6 is 11.6 Å². The predicted molar refractivity (Wildman–Crippen MR) is 136 cm³/mol. The molecule has 3 heterocycles. The molecule has 3 aromatic carbocycles. The Bertz CT molecular complexity index is 1580. The number of hydrogen-bond donors (Lipinski definition) is 1. The van der Waals surface area contributed by atoms with Crippen LogP contribution in [0.2, 0.25) is 5.02 Å². The molecule has 1 N–H and O–H groups in total. The largest absolute Gasteiger partial charge is 0.357 e. The van der Waals surface area contributed by atoms with Crippen LogP contribution in [0.5, 0.6) is 0 Å². The quantitative estimate of drug-likeness (QED) is 0.300. The highest BCUT2D eigenvalue weighted by Crippen LogP contribution is 2.53. The summed E-state index contributed by atoms with van der Waals surface area (Å²) in [5, 5.41) is 13.9. The van der Waals surface area contributed by atoms with Crippen LogP contribution in [0.1, 0.15) is 17.2 Å². The monoisotopic (exact) mass is 532 g/mol. The van der Waals surface area contributed by atoms with Gasteiger partial charge in [-0.2, -0.15) is 0 Å². The average molecular weight is 533 g/mol. The van der Waals surface area contributed by atoms with E-state index < -0.39 is 58.1 Å². The van der Waals surface area contributed by atoms with E-state index in [1.165, 1.54) is 30.3 Å². The van der Waals surface area contributed by atoms with Crippen molar-refractivity contribution in [2.24, 2.45) is 11.8 Å². The summed E-state index contributed by atoms with van der Waals surface area (Å²) in [5.41, 5.74) is 1.15. The first-order valence-electron chi connectivity index (χ1n) is 11.7. The van der Waals surface area contributed by atoms with Crippen LogP contribution in [-0.4, -0.2) is 33.6 Å². The first-order chi connectivity index (χ1) is 18.3. The molecule has 190 valence electrons. The molecule has 11 heteroatoms. The first-order valence-corrected chi connectivity index (χ1v) is 12.1. The smallest absolute Gasteiger partial charge is 0.289 e. The minimum atomic E-state index is -1.14. The Morgan fingerprint density at radius 1 is 1.00 bits per heavy atom. The molecular weight excluding hydrogens is 515 g/mol. The Balaban J connectivity index is 1.43. The van der Waals surface area contributed by atoms with Crippen LogP contribution in [0, 0.1) is 27.8 Å².